The Kier molecular flexibility index (Phi) is 7.43. The number of carbonyl (C=O) groups excluding carboxylic acids is 2. The van der Waals surface area contributed by atoms with E-state index in [2.05, 4.69) is 21.3 Å². The number of nitrogens with one attached hydrogen (secondary N) is 4. The molecule has 1 aliphatic rings. The van der Waals surface area contributed by atoms with E-state index in [-0.39, 0.29) is 11.9 Å². The van der Waals surface area contributed by atoms with Gasteiger partial charge in [-0.1, -0.05) is 12.1 Å². The molecule has 2 aromatic rings. The zero-order valence-corrected chi connectivity index (χ0v) is 20.1. The average molecular weight is 456 g/mol. The smallest absolute Gasteiger partial charge is 0.408 e. The molecule has 0 spiro atoms. The number of methoxy groups -OCH3 is 1. The number of alkyl carbamates (subject to hydrolysis) is 1. The van der Waals surface area contributed by atoms with Gasteiger partial charge in [0, 0.05) is 25.9 Å². The normalized spacial score (nSPS) is 13.7. The number of fused-ring (bicyclic) bond motifs is 1. The van der Waals surface area contributed by atoms with Gasteiger partial charge in [-0.25, -0.2) is 9.78 Å². The van der Waals surface area contributed by atoms with E-state index in [0.717, 1.165) is 22.4 Å². The lowest BCUT2D eigenvalue weighted by molar-refractivity contribution is 0.0474. The van der Waals surface area contributed by atoms with Gasteiger partial charge in [-0.2, -0.15) is 0 Å². The molecule has 9 nitrogen and oxygen atoms in total. The summed E-state index contributed by atoms with van der Waals surface area (Å²) < 4.78 is 10.6. The van der Waals surface area contributed by atoms with Crippen molar-refractivity contribution in [3.05, 3.63) is 46.5 Å². The summed E-state index contributed by atoms with van der Waals surface area (Å²) in [6.45, 7) is 10.5. The van der Waals surface area contributed by atoms with Crippen LogP contribution in [0.25, 0.3) is 0 Å². The molecule has 2 amide bonds. The first-order valence-corrected chi connectivity index (χ1v) is 10.9. The number of benzene rings is 1. The Morgan fingerprint density at radius 3 is 2.67 bits per heavy atom. The SMILES string of the molecule is COC[C@@H](CNc1nc(Nc2cccc(C)c2)c2c(c1C)CNC2=O)NC(=O)OC(C)(C)C. The van der Waals surface area contributed by atoms with Crippen LogP contribution in [-0.4, -0.2) is 48.9 Å². The van der Waals surface area contributed by atoms with E-state index in [0.29, 0.717) is 36.9 Å². The molecule has 0 radical (unpaired) electrons. The van der Waals surface area contributed by atoms with Gasteiger partial charge in [0.05, 0.1) is 18.2 Å². The van der Waals surface area contributed by atoms with Gasteiger partial charge in [-0.3, -0.25) is 4.79 Å². The summed E-state index contributed by atoms with van der Waals surface area (Å²) >= 11 is 0. The number of amides is 2. The molecule has 33 heavy (non-hydrogen) atoms. The number of aromatic nitrogens is 1. The molecule has 9 heteroatoms. The van der Waals surface area contributed by atoms with E-state index in [1.54, 1.807) is 7.11 Å². The molecular formula is C24H33N5O4. The minimum Gasteiger partial charge on any atom is -0.444 e. The summed E-state index contributed by atoms with van der Waals surface area (Å²) in [5, 5.41) is 12.3. The van der Waals surface area contributed by atoms with E-state index < -0.39 is 11.7 Å². The maximum Gasteiger partial charge on any atom is 0.408 e. The number of hydrogen-bond acceptors (Lipinski definition) is 7. The van der Waals surface area contributed by atoms with Crippen LogP contribution in [0.2, 0.25) is 0 Å². The van der Waals surface area contributed by atoms with Crippen LogP contribution in [0.5, 0.6) is 0 Å². The zero-order valence-electron chi connectivity index (χ0n) is 20.1. The fraction of sp³-hybridized carbons (Fsp3) is 0.458. The molecule has 3 rings (SSSR count). The van der Waals surface area contributed by atoms with Crippen molar-refractivity contribution in [1.82, 2.24) is 15.6 Å². The Bertz CT molecular complexity index is 1030. The van der Waals surface area contributed by atoms with E-state index in [4.69, 9.17) is 14.5 Å². The summed E-state index contributed by atoms with van der Waals surface area (Å²) in [5.74, 6) is 0.973. The highest BCUT2D eigenvalue weighted by Crippen LogP contribution is 2.32. The largest absolute Gasteiger partial charge is 0.444 e. The molecule has 0 saturated heterocycles. The first kappa shape index (κ1) is 24.3. The third kappa shape index (κ3) is 6.35. The lowest BCUT2D eigenvalue weighted by atomic mass is 10.1. The van der Waals surface area contributed by atoms with Crippen molar-refractivity contribution in [2.24, 2.45) is 0 Å². The van der Waals surface area contributed by atoms with Gasteiger partial charge in [0.2, 0.25) is 0 Å². The van der Waals surface area contributed by atoms with Crippen LogP contribution in [-0.2, 0) is 16.0 Å². The second-order valence-electron chi connectivity index (χ2n) is 9.14. The fourth-order valence-corrected chi connectivity index (χ4v) is 3.62. The number of anilines is 3. The number of aryl methyl sites for hydroxylation is 1. The molecule has 4 N–H and O–H groups in total. The van der Waals surface area contributed by atoms with Gasteiger partial charge in [-0.15, -0.1) is 0 Å². The highest BCUT2D eigenvalue weighted by molar-refractivity contribution is 6.04. The average Bonchev–Trinajstić information content (AvgIpc) is 3.10. The summed E-state index contributed by atoms with van der Waals surface area (Å²) in [4.78, 5) is 29.4. The number of hydrogen-bond donors (Lipinski definition) is 4. The molecule has 0 unspecified atom stereocenters. The molecule has 2 heterocycles. The van der Waals surface area contributed by atoms with Gasteiger partial charge in [-0.05, 0) is 63.4 Å². The van der Waals surface area contributed by atoms with Crippen LogP contribution in [0.1, 0.15) is 47.8 Å². The third-order valence-corrected chi connectivity index (χ3v) is 5.11. The minimum atomic E-state index is -0.594. The van der Waals surface area contributed by atoms with Gasteiger partial charge in [0.1, 0.15) is 17.2 Å². The van der Waals surface area contributed by atoms with Crippen LogP contribution in [0.3, 0.4) is 0 Å². The second kappa shape index (κ2) is 10.1. The van der Waals surface area contributed by atoms with E-state index in [1.807, 2.05) is 58.9 Å². The van der Waals surface area contributed by atoms with Gasteiger partial charge in [0.15, 0.2) is 0 Å². The van der Waals surface area contributed by atoms with Gasteiger partial charge in [0.25, 0.3) is 5.91 Å². The fourth-order valence-electron chi connectivity index (χ4n) is 3.62. The van der Waals surface area contributed by atoms with Crippen molar-refractivity contribution < 1.29 is 19.1 Å². The van der Waals surface area contributed by atoms with Crippen molar-refractivity contribution in [3.63, 3.8) is 0 Å². The Morgan fingerprint density at radius 1 is 1.24 bits per heavy atom. The molecule has 0 bridgehead atoms. The van der Waals surface area contributed by atoms with Crippen LogP contribution >= 0.6 is 0 Å². The lowest BCUT2D eigenvalue weighted by Crippen LogP contribution is -2.45. The Morgan fingerprint density at radius 2 is 2.00 bits per heavy atom. The monoisotopic (exact) mass is 455 g/mol. The van der Waals surface area contributed by atoms with Crippen molar-refractivity contribution in [2.45, 2.75) is 52.8 Å². The molecule has 0 aliphatic carbocycles. The molecule has 1 atom stereocenters. The van der Waals surface area contributed by atoms with E-state index in [1.165, 1.54) is 0 Å². The molecule has 0 fully saturated rings. The Balaban J connectivity index is 1.82. The second-order valence-corrected chi connectivity index (χ2v) is 9.14. The maximum atomic E-state index is 12.5. The molecule has 0 saturated carbocycles. The van der Waals surface area contributed by atoms with Crippen molar-refractivity contribution in [3.8, 4) is 0 Å². The summed E-state index contributed by atoms with van der Waals surface area (Å²) in [6, 6.07) is 7.54. The molecule has 1 aromatic carbocycles. The van der Waals surface area contributed by atoms with E-state index >= 15 is 0 Å². The first-order valence-electron chi connectivity index (χ1n) is 10.9. The number of nitrogens with zero attached hydrogens (tertiary/aromatic N) is 1. The van der Waals surface area contributed by atoms with Crippen molar-refractivity contribution in [2.75, 3.05) is 30.9 Å². The number of pyridine rings is 1. The quantitative estimate of drug-likeness (QED) is 0.481. The minimum absolute atomic E-state index is 0.147. The zero-order chi connectivity index (χ0) is 24.2. The first-order chi connectivity index (χ1) is 15.6. The highest BCUT2D eigenvalue weighted by atomic mass is 16.6. The molecule has 1 aliphatic heterocycles. The van der Waals surface area contributed by atoms with Crippen LogP contribution in [0.15, 0.2) is 24.3 Å². The van der Waals surface area contributed by atoms with Crippen molar-refractivity contribution >= 4 is 29.3 Å². The predicted octanol–water partition coefficient (Wildman–Crippen LogP) is 3.64. The van der Waals surface area contributed by atoms with Crippen LogP contribution in [0, 0.1) is 13.8 Å². The predicted molar refractivity (Wildman–Crippen MR) is 128 cm³/mol. The highest BCUT2D eigenvalue weighted by Gasteiger charge is 2.28. The molecule has 178 valence electrons. The van der Waals surface area contributed by atoms with Crippen LogP contribution < -0.4 is 21.3 Å². The van der Waals surface area contributed by atoms with E-state index in [9.17, 15) is 9.59 Å². The molecular weight excluding hydrogens is 422 g/mol. The van der Waals surface area contributed by atoms with Gasteiger partial charge < -0.3 is 30.7 Å². The third-order valence-electron chi connectivity index (χ3n) is 5.11. The van der Waals surface area contributed by atoms with Crippen LogP contribution in [0.4, 0.5) is 22.1 Å². The maximum absolute atomic E-state index is 12.5. The van der Waals surface area contributed by atoms with Gasteiger partial charge >= 0.3 is 6.09 Å². The van der Waals surface area contributed by atoms with Crippen molar-refractivity contribution in [1.29, 1.82) is 0 Å². The number of carbonyl (C=O) groups is 2. The lowest BCUT2D eigenvalue weighted by Gasteiger charge is -2.24. The topological polar surface area (TPSA) is 114 Å². The standard InChI is InChI=1S/C24H33N5O4/c1-14-8-7-9-16(10-14)27-21-19-18(12-26-22(19)30)15(2)20(29-21)25-11-17(13-32-6)28-23(31)33-24(3,4)5/h7-10,17H,11-13H2,1-6H3,(H,26,30)(H,28,31)(H2,25,27,29)/t17-/m1/s1. The Labute approximate surface area is 194 Å². The Hall–Kier alpha value is -3.33. The molecule has 1 aromatic heterocycles. The summed E-state index contributed by atoms with van der Waals surface area (Å²) in [6.07, 6.45) is -0.512. The number of rotatable bonds is 8. The number of ether oxygens (including phenoxy) is 2. The summed E-state index contributed by atoms with van der Waals surface area (Å²) in [7, 11) is 1.57. The summed E-state index contributed by atoms with van der Waals surface area (Å²) in [5.41, 5.74) is 3.69.